The summed E-state index contributed by atoms with van der Waals surface area (Å²) in [5.41, 5.74) is 3.67. The molecule has 0 aromatic heterocycles. The molecule has 0 bridgehead atoms. The Bertz CT molecular complexity index is 210. The molecule has 1 aliphatic rings. The van der Waals surface area contributed by atoms with Gasteiger partial charge in [0.25, 0.3) is 0 Å². The summed E-state index contributed by atoms with van der Waals surface area (Å²) in [4.78, 5) is 3.57. The van der Waals surface area contributed by atoms with Gasteiger partial charge in [-0.15, -0.1) is 0 Å². The van der Waals surface area contributed by atoms with Crippen molar-refractivity contribution in [2.75, 3.05) is 14.1 Å². The van der Waals surface area contributed by atoms with Gasteiger partial charge in [0.15, 0.2) is 0 Å². The van der Waals surface area contributed by atoms with E-state index < -0.39 is 0 Å². The summed E-state index contributed by atoms with van der Waals surface area (Å²) < 4.78 is 0. The topological polar surface area (TPSA) is 50.7 Å². The highest BCUT2D eigenvalue weighted by Crippen LogP contribution is 2.08. The highest BCUT2D eigenvalue weighted by molar-refractivity contribution is 5.89. The van der Waals surface area contributed by atoms with Gasteiger partial charge in [0.05, 0.1) is 5.70 Å². The molecule has 0 radical (unpaired) electrons. The van der Waals surface area contributed by atoms with Crippen LogP contribution in [-0.2, 0) is 0 Å². The Hall–Kier alpha value is -1.03. The Balaban J connectivity index is 2.79. The Morgan fingerprint density at radius 2 is 2.45 bits per heavy atom. The number of hydrogen-bond donors (Lipinski definition) is 1. The van der Waals surface area contributed by atoms with Crippen LogP contribution in [0.1, 0.15) is 6.92 Å². The molecule has 1 heterocycles. The summed E-state index contributed by atoms with van der Waals surface area (Å²) in [7, 11) is 3.30. The van der Waals surface area contributed by atoms with E-state index in [0.29, 0.717) is 5.70 Å². The van der Waals surface area contributed by atoms with Gasteiger partial charge in [-0.05, 0) is 13.0 Å². The number of nitrogens with zero attached hydrogens (tertiary/aromatic N) is 2. The fourth-order valence-corrected chi connectivity index (χ4v) is 1.09. The summed E-state index contributed by atoms with van der Waals surface area (Å²) in [6, 6.07) is 0.223. The van der Waals surface area contributed by atoms with E-state index in [-0.39, 0.29) is 11.9 Å². The maximum atomic E-state index is 11.1. The molecule has 0 fully saturated rings. The van der Waals surface area contributed by atoms with E-state index in [1.165, 1.54) is 7.05 Å². The maximum Gasteiger partial charge on any atom is 0.0596 e. The van der Waals surface area contributed by atoms with Crippen LogP contribution in [0.2, 0.25) is 0 Å². The largest absolute Gasteiger partial charge is 0.857 e. The van der Waals surface area contributed by atoms with Crippen LogP contribution in [0.25, 0.3) is 0 Å². The Labute approximate surface area is 66.2 Å². The van der Waals surface area contributed by atoms with Gasteiger partial charge < -0.3 is 15.1 Å². The maximum absolute atomic E-state index is 11.1. The van der Waals surface area contributed by atoms with Crippen molar-refractivity contribution >= 4 is 5.90 Å². The summed E-state index contributed by atoms with van der Waals surface area (Å²) >= 11 is 0. The van der Waals surface area contributed by atoms with Crippen LogP contribution in [-0.4, -0.2) is 31.0 Å². The SMILES string of the molecule is CN=C([O-])C1=CC(C)NN1C. The number of hydrazine groups is 1. The van der Waals surface area contributed by atoms with Crippen LogP contribution < -0.4 is 10.5 Å². The van der Waals surface area contributed by atoms with Crippen molar-refractivity contribution in [1.29, 1.82) is 0 Å². The molecule has 1 unspecified atom stereocenters. The molecule has 62 valence electrons. The molecule has 0 aromatic rings. The zero-order valence-corrected chi connectivity index (χ0v) is 6.96. The van der Waals surface area contributed by atoms with Crippen LogP contribution in [0.4, 0.5) is 0 Å². The molecule has 0 amide bonds. The first-order valence-corrected chi connectivity index (χ1v) is 3.51. The zero-order chi connectivity index (χ0) is 8.43. The average Bonchev–Trinajstić information content (AvgIpc) is 2.28. The smallest absolute Gasteiger partial charge is 0.0596 e. The normalized spacial score (nSPS) is 25.7. The molecule has 1 atom stereocenters. The van der Waals surface area contributed by atoms with Crippen molar-refractivity contribution in [1.82, 2.24) is 10.4 Å². The molecule has 1 N–H and O–H groups in total. The molecule has 0 aromatic carbocycles. The van der Waals surface area contributed by atoms with Crippen molar-refractivity contribution in [2.45, 2.75) is 13.0 Å². The monoisotopic (exact) mass is 154 g/mol. The molecule has 0 spiro atoms. The van der Waals surface area contributed by atoms with Gasteiger partial charge in [-0.2, -0.15) is 0 Å². The number of hydrogen-bond acceptors (Lipinski definition) is 4. The Kier molecular flexibility index (Phi) is 2.14. The zero-order valence-electron chi connectivity index (χ0n) is 6.96. The molecule has 0 saturated carbocycles. The molecule has 0 aliphatic carbocycles. The molecule has 4 nitrogen and oxygen atoms in total. The first-order chi connectivity index (χ1) is 5.15. The summed E-state index contributed by atoms with van der Waals surface area (Å²) in [6.45, 7) is 1.98. The number of nitrogens with one attached hydrogen (secondary N) is 1. The second-order valence-corrected chi connectivity index (χ2v) is 2.56. The average molecular weight is 154 g/mol. The van der Waals surface area contributed by atoms with Crippen molar-refractivity contribution < 1.29 is 5.11 Å². The highest BCUT2D eigenvalue weighted by atomic mass is 16.3. The third-order valence-corrected chi connectivity index (χ3v) is 1.59. The lowest BCUT2D eigenvalue weighted by molar-refractivity contribution is -0.215. The quantitative estimate of drug-likeness (QED) is 0.393. The van der Waals surface area contributed by atoms with Gasteiger partial charge in [-0.3, -0.25) is 0 Å². The number of rotatable bonds is 1. The van der Waals surface area contributed by atoms with E-state index in [9.17, 15) is 5.11 Å². The second kappa shape index (κ2) is 2.92. The second-order valence-electron chi connectivity index (χ2n) is 2.56. The Morgan fingerprint density at radius 1 is 1.82 bits per heavy atom. The first-order valence-electron chi connectivity index (χ1n) is 3.51. The summed E-state index contributed by atoms with van der Waals surface area (Å²) in [6.07, 6.45) is 1.86. The first kappa shape index (κ1) is 8.07. The lowest BCUT2D eigenvalue weighted by Gasteiger charge is -2.20. The predicted octanol–water partition coefficient (Wildman–Crippen LogP) is -0.903. The molecular formula is C7H12N3O-. The Morgan fingerprint density at radius 3 is 2.82 bits per heavy atom. The fourth-order valence-electron chi connectivity index (χ4n) is 1.09. The number of likely N-dealkylation sites (N-methyl/N-ethyl adjacent to an activating group) is 1. The molecular weight excluding hydrogens is 142 g/mol. The molecule has 4 heteroatoms. The minimum absolute atomic E-state index is 0.177. The van der Waals surface area contributed by atoms with Crippen molar-refractivity contribution in [3.63, 3.8) is 0 Å². The van der Waals surface area contributed by atoms with E-state index in [1.54, 1.807) is 12.1 Å². The van der Waals surface area contributed by atoms with Crippen LogP contribution in [0, 0.1) is 0 Å². The van der Waals surface area contributed by atoms with Crippen LogP contribution in [0.3, 0.4) is 0 Å². The molecule has 11 heavy (non-hydrogen) atoms. The minimum atomic E-state index is -0.177. The van der Waals surface area contributed by atoms with Crippen molar-refractivity contribution in [3.8, 4) is 0 Å². The van der Waals surface area contributed by atoms with E-state index in [1.807, 2.05) is 13.0 Å². The minimum Gasteiger partial charge on any atom is -0.857 e. The third kappa shape index (κ3) is 1.51. The van der Waals surface area contributed by atoms with Gasteiger partial charge in [0, 0.05) is 26.0 Å². The van der Waals surface area contributed by atoms with E-state index in [4.69, 9.17) is 0 Å². The molecule has 1 aliphatic heterocycles. The molecule has 1 rings (SSSR count). The predicted molar refractivity (Wildman–Crippen MR) is 41.8 cm³/mol. The van der Waals surface area contributed by atoms with Crippen LogP contribution in [0.5, 0.6) is 0 Å². The van der Waals surface area contributed by atoms with Crippen LogP contribution in [0.15, 0.2) is 16.8 Å². The van der Waals surface area contributed by atoms with E-state index in [2.05, 4.69) is 10.4 Å². The summed E-state index contributed by atoms with van der Waals surface area (Å²) in [5.74, 6) is -0.177. The van der Waals surface area contributed by atoms with Crippen molar-refractivity contribution in [3.05, 3.63) is 11.8 Å². The lowest BCUT2D eigenvalue weighted by Crippen LogP contribution is -2.36. The van der Waals surface area contributed by atoms with Crippen molar-refractivity contribution in [2.24, 2.45) is 4.99 Å². The van der Waals surface area contributed by atoms with Gasteiger partial charge in [-0.1, -0.05) is 0 Å². The summed E-state index contributed by atoms with van der Waals surface area (Å²) in [5, 5.41) is 12.7. The van der Waals surface area contributed by atoms with Gasteiger partial charge in [0.1, 0.15) is 0 Å². The standard InChI is InChI=1S/C7H13N3O/c1-5-4-6(7(11)8-2)10(3)9-5/h4-5,9H,1-3H3,(H,8,11)/p-1. The third-order valence-electron chi connectivity index (χ3n) is 1.59. The van der Waals surface area contributed by atoms with Gasteiger partial charge >= 0.3 is 0 Å². The molecule has 0 saturated heterocycles. The van der Waals surface area contributed by atoms with E-state index >= 15 is 0 Å². The van der Waals surface area contributed by atoms with Gasteiger partial charge in [-0.25, -0.2) is 5.43 Å². The van der Waals surface area contributed by atoms with Gasteiger partial charge in [0.2, 0.25) is 0 Å². The highest BCUT2D eigenvalue weighted by Gasteiger charge is 2.14. The number of aliphatic imine (C=N–C) groups is 1. The van der Waals surface area contributed by atoms with E-state index in [0.717, 1.165) is 0 Å². The lowest BCUT2D eigenvalue weighted by atomic mass is 10.3. The fraction of sp³-hybridized carbons (Fsp3) is 0.571. The van der Waals surface area contributed by atoms with Crippen LogP contribution >= 0.6 is 0 Å².